The van der Waals surface area contributed by atoms with Crippen LogP contribution >= 0.6 is 0 Å². The molecule has 4 rings (SSSR count). The number of alkyl carbamates (subject to hydrolysis) is 1. The Labute approximate surface area is 280 Å². The van der Waals surface area contributed by atoms with Crippen molar-refractivity contribution in [2.24, 2.45) is 0 Å². The number of likely N-dealkylation sites (N-methyl/N-ethyl adjacent to an activating group) is 1. The van der Waals surface area contributed by atoms with Crippen LogP contribution in [-0.4, -0.2) is 76.9 Å². The highest BCUT2D eigenvalue weighted by molar-refractivity contribution is 5.94. The summed E-state index contributed by atoms with van der Waals surface area (Å²) in [6.45, 7) is 6.19. The Balaban J connectivity index is 1.35. The minimum absolute atomic E-state index is 0.0193. The van der Waals surface area contributed by atoms with Gasteiger partial charge in [-0.25, -0.2) is 19.6 Å². The molecule has 1 atom stereocenters. The van der Waals surface area contributed by atoms with Gasteiger partial charge in [-0.05, 0) is 70.6 Å². The second-order valence-electron chi connectivity index (χ2n) is 12.3. The number of nitrogens with one attached hydrogen (secondary N) is 2. The molecule has 3 heterocycles. The van der Waals surface area contributed by atoms with Crippen LogP contribution in [0.4, 0.5) is 10.6 Å². The summed E-state index contributed by atoms with van der Waals surface area (Å²) in [7, 11) is 3.70. The lowest BCUT2D eigenvalue weighted by Crippen LogP contribution is -2.45. The van der Waals surface area contributed by atoms with E-state index in [4.69, 9.17) is 18.7 Å². The molecule has 0 unspecified atom stereocenters. The number of hydrogen-bond donors (Lipinski definition) is 2. The lowest BCUT2D eigenvalue weighted by Gasteiger charge is -2.23. The van der Waals surface area contributed by atoms with E-state index in [9.17, 15) is 14.4 Å². The minimum Gasteiger partial charge on any atom is -0.473 e. The minimum atomic E-state index is -1.09. The van der Waals surface area contributed by atoms with Crippen LogP contribution < -0.4 is 15.4 Å². The molecule has 0 fully saturated rings. The lowest BCUT2D eigenvalue weighted by molar-refractivity contribution is -0.146. The molecule has 0 saturated heterocycles. The van der Waals surface area contributed by atoms with Gasteiger partial charge in [0.2, 0.25) is 11.8 Å². The van der Waals surface area contributed by atoms with Crippen molar-refractivity contribution >= 4 is 23.8 Å². The molecule has 13 heteroatoms. The zero-order chi connectivity index (χ0) is 34.5. The van der Waals surface area contributed by atoms with E-state index in [2.05, 4.69) is 25.8 Å². The second-order valence-corrected chi connectivity index (χ2v) is 12.3. The fourth-order valence-electron chi connectivity index (χ4n) is 4.38. The summed E-state index contributed by atoms with van der Waals surface area (Å²) in [6, 6.07) is 17.7. The standard InChI is InChI=1S/C35H42N6O7/c1-35(2,3)47-34(44)38-28(33(43)45-20-19-41(4)5)15-16-30(42)39-32-27(9-8-18-37-32)29-22-26(40-48-29)21-24-11-13-25(14-12-24)23-46-31-10-6-7-17-36-31/h6-14,17-18,22,28H,15-16,19-21,23H2,1-5H3,(H,38,44)(H,37,39,42)/t28-/m0/s1. The van der Waals surface area contributed by atoms with Gasteiger partial charge in [-0.15, -0.1) is 0 Å². The molecule has 13 nitrogen and oxygen atoms in total. The quantitative estimate of drug-likeness (QED) is 0.165. The number of ether oxygens (including phenoxy) is 3. The maximum Gasteiger partial charge on any atom is 0.408 e. The number of carbonyl (C=O) groups excluding carboxylic acids is 3. The SMILES string of the molecule is CN(C)CCOC(=O)[C@H](CCC(=O)Nc1ncccc1-c1cc(Cc2ccc(COc3ccccn3)cc2)no1)NC(=O)OC(C)(C)C. The van der Waals surface area contributed by atoms with Gasteiger partial charge >= 0.3 is 12.1 Å². The zero-order valence-corrected chi connectivity index (χ0v) is 27.9. The Morgan fingerprint density at radius 2 is 1.71 bits per heavy atom. The smallest absolute Gasteiger partial charge is 0.408 e. The normalized spacial score (nSPS) is 11.9. The molecule has 0 spiro atoms. The molecule has 3 aromatic heterocycles. The average Bonchev–Trinajstić information content (AvgIpc) is 3.50. The van der Waals surface area contributed by atoms with Gasteiger partial charge in [-0.2, -0.15) is 0 Å². The summed E-state index contributed by atoms with van der Waals surface area (Å²) in [5.41, 5.74) is 2.52. The molecule has 2 amide bonds. The molecular weight excluding hydrogens is 616 g/mol. The molecule has 1 aromatic carbocycles. The first-order valence-electron chi connectivity index (χ1n) is 15.6. The van der Waals surface area contributed by atoms with Crippen molar-refractivity contribution < 1.29 is 33.1 Å². The van der Waals surface area contributed by atoms with Crippen LogP contribution in [0.25, 0.3) is 11.3 Å². The van der Waals surface area contributed by atoms with E-state index in [1.807, 2.05) is 61.5 Å². The number of rotatable bonds is 15. The van der Waals surface area contributed by atoms with Gasteiger partial charge < -0.3 is 34.3 Å². The van der Waals surface area contributed by atoms with Crippen molar-refractivity contribution in [2.45, 2.75) is 58.3 Å². The topological polar surface area (TPSA) is 158 Å². The van der Waals surface area contributed by atoms with Crippen molar-refractivity contribution in [3.05, 3.63) is 89.9 Å². The van der Waals surface area contributed by atoms with Gasteiger partial charge in [0.1, 0.15) is 30.7 Å². The van der Waals surface area contributed by atoms with Gasteiger partial charge in [-0.3, -0.25) is 4.79 Å². The van der Waals surface area contributed by atoms with Crippen molar-refractivity contribution in [3.8, 4) is 17.2 Å². The fourth-order valence-corrected chi connectivity index (χ4v) is 4.38. The van der Waals surface area contributed by atoms with E-state index in [0.717, 1.165) is 11.1 Å². The molecule has 0 aliphatic rings. The van der Waals surface area contributed by atoms with E-state index < -0.39 is 29.6 Å². The molecule has 48 heavy (non-hydrogen) atoms. The van der Waals surface area contributed by atoms with Crippen LogP contribution in [0.15, 0.2) is 77.6 Å². The predicted molar refractivity (Wildman–Crippen MR) is 178 cm³/mol. The molecule has 0 aliphatic carbocycles. The number of hydrogen-bond acceptors (Lipinski definition) is 11. The number of nitrogens with zero attached hydrogens (tertiary/aromatic N) is 4. The summed E-state index contributed by atoms with van der Waals surface area (Å²) in [5.74, 6) is 0.197. The van der Waals surface area contributed by atoms with E-state index in [-0.39, 0.29) is 25.3 Å². The van der Waals surface area contributed by atoms with Crippen molar-refractivity contribution in [1.82, 2.24) is 25.3 Å². The van der Waals surface area contributed by atoms with Crippen molar-refractivity contribution in [2.75, 3.05) is 32.6 Å². The second kappa shape index (κ2) is 17.0. The first-order chi connectivity index (χ1) is 22.9. The number of benzene rings is 1. The highest BCUT2D eigenvalue weighted by Gasteiger charge is 2.26. The van der Waals surface area contributed by atoms with E-state index in [0.29, 0.717) is 42.5 Å². The third kappa shape index (κ3) is 11.8. The third-order valence-electron chi connectivity index (χ3n) is 6.74. The van der Waals surface area contributed by atoms with Gasteiger partial charge in [0.05, 0.1) is 11.3 Å². The van der Waals surface area contributed by atoms with Crippen LogP contribution in [0.3, 0.4) is 0 Å². The zero-order valence-electron chi connectivity index (χ0n) is 27.9. The molecule has 2 N–H and O–H groups in total. The van der Waals surface area contributed by atoms with E-state index >= 15 is 0 Å². The lowest BCUT2D eigenvalue weighted by atomic mass is 10.1. The Morgan fingerprint density at radius 3 is 2.42 bits per heavy atom. The molecule has 254 valence electrons. The average molecular weight is 659 g/mol. The summed E-state index contributed by atoms with van der Waals surface area (Å²) >= 11 is 0. The monoisotopic (exact) mass is 658 g/mol. The summed E-state index contributed by atoms with van der Waals surface area (Å²) in [4.78, 5) is 48.6. The van der Waals surface area contributed by atoms with Crippen LogP contribution in [0.2, 0.25) is 0 Å². The number of amides is 2. The number of anilines is 1. The first kappa shape index (κ1) is 35.6. The third-order valence-corrected chi connectivity index (χ3v) is 6.74. The molecule has 0 saturated carbocycles. The highest BCUT2D eigenvalue weighted by Crippen LogP contribution is 2.27. The Morgan fingerprint density at radius 1 is 0.958 bits per heavy atom. The van der Waals surface area contributed by atoms with Crippen molar-refractivity contribution in [3.63, 3.8) is 0 Å². The molecule has 4 aromatic rings. The van der Waals surface area contributed by atoms with Gasteiger partial charge in [0.15, 0.2) is 5.76 Å². The number of carbonyl (C=O) groups is 3. The molecule has 0 aliphatic heterocycles. The van der Waals surface area contributed by atoms with Gasteiger partial charge in [-0.1, -0.05) is 35.5 Å². The maximum absolute atomic E-state index is 13.0. The summed E-state index contributed by atoms with van der Waals surface area (Å²) in [6.07, 6.45) is 2.86. The number of aromatic nitrogens is 3. The van der Waals surface area contributed by atoms with Crippen molar-refractivity contribution in [1.29, 1.82) is 0 Å². The highest BCUT2D eigenvalue weighted by atomic mass is 16.6. The molecular formula is C35H42N6O7. The Hall–Kier alpha value is -5.30. The van der Waals surface area contributed by atoms with Crippen LogP contribution in [0.5, 0.6) is 5.88 Å². The van der Waals surface area contributed by atoms with Gasteiger partial charge in [0.25, 0.3) is 0 Å². The van der Waals surface area contributed by atoms with Crippen LogP contribution in [-0.2, 0) is 32.1 Å². The van der Waals surface area contributed by atoms with Crippen LogP contribution in [0.1, 0.15) is 50.4 Å². The summed E-state index contributed by atoms with van der Waals surface area (Å²) in [5, 5.41) is 9.53. The largest absolute Gasteiger partial charge is 0.473 e. The molecule has 0 bridgehead atoms. The first-order valence-corrected chi connectivity index (χ1v) is 15.6. The van der Waals surface area contributed by atoms with E-state index in [1.165, 1.54) is 0 Å². The van der Waals surface area contributed by atoms with Gasteiger partial charge in [0, 0.05) is 43.9 Å². The Bertz CT molecular complexity index is 1640. The number of pyridine rings is 2. The Kier molecular flexibility index (Phi) is 12.6. The van der Waals surface area contributed by atoms with Crippen LogP contribution in [0, 0.1) is 0 Å². The fraction of sp³-hybridized carbons (Fsp3) is 0.371. The predicted octanol–water partition coefficient (Wildman–Crippen LogP) is 5.02. The number of esters is 1. The summed E-state index contributed by atoms with van der Waals surface area (Å²) < 4.78 is 22.0. The maximum atomic E-state index is 13.0. The molecule has 0 radical (unpaired) electrons. The van der Waals surface area contributed by atoms with E-state index in [1.54, 1.807) is 51.4 Å².